The van der Waals surface area contributed by atoms with Crippen molar-refractivity contribution in [3.8, 4) is 33.9 Å². The van der Waals surface area contributed by atoms with Crippen molar-refractivity contribution in [2.45, 2.75) is 0 Å². The standard InChI is InChI=1S/C43H28N4/c1-2-14-29(15-3-1)45-38-23-11-6-18-33(38)42-34-19-7-12-24-39(34)47(43(42)35-20-8-13-25-40(35)45)41-28-30(26-27-44-41)46-36-21-9-4-16-31(36)32-17-5-10-22-37(32)46/h1-28H. The molecule has 4 heterocycles. The van der Waals surface area contributed by atoms with E-state index < -0.39 is 0 Å². The molecule has 1 aliphatic heterocycles. The zero-order valence-corrected chi connectivity index (χ0v) is 25.5. The van der Waals surface area contributed by atoms with Crippen LogP contribution in [0.1, 0.15) is 0 Å². The first-order valence-electron chi connectivity index (χ1n) is 16.0. The number of hydrogen-bond donors (Lipinski definition) is 0. The zero-order chi connectivity index (χ0) is 30.9. The highest BCUT2D eigenvalue weighted by Gasteiger charge is 2.31. The van der Waals surface area contributed by atoms with Crippen molar-refractivity contribution in [2.75, 3.05) is 4.90 Å². The molecule has 0 amide bonds. The summed E-state index contributed by atoms with van der Waals surface area (Å²) in [6, 6.07) is 58.6. The molecule has 0 N–H and O–H groups in total. The first kappa shape index (κ1) is 25.9. The average molecular weight is 601 g/mol. The number of aromatic nitrogens is 3. The van der Waals surface area contributed by atoms with E-state index in [9.17, 15) is 0 Å². The molecule has 0 spiro atoms. The Balaban J connectivity index is 1.31. The van der Waals surface area contributed by atoms with Crippen LogP contribution in [0.25, 0.3) is 66.6 Å². The van der Waals surface area contributed by atoms with Gasteiger partial charge in [0.05, 0.1) is 39.3 Å². The van der Waals surface area contributed by atoms with E-state index in [1.807, 2.05) is 6.20 Å². The van der Waals surface area contributed by atoms with Crippen LogP contribution in [-0.2, 0) is 0 Å². The summed E-state index contributed by atoms with van der Waals surface area (Å²) in [6.45, 7) is 0. The highest BCUT2D eigenvalue weighted by atomic mass is 15.2. The molecule has 9 aromatic rings. The molecule has 0 saturated carbocycles. The van der Waals surface area contributed by atoms with Crippen LogP contribution in [0.3, 0.4) is 0 Å². The third kappa shape index (κ3) is 3.73. The lowest BCUT2D eigenvalue weighted by atomic mass is 9.98. The average Bonchev–Trinajstić information content (AvgIpc) is 3.62. The highest BCUT2D eigenvalue weighted by molar-refractivity contribution is 6.13. The van der Waals surface area contributed by atoms with Gasteiger partial charge in [-0.3, -0.25) is 4.57 Å². The minimum atomic E-state index is 0.877. The summed E-state index contributed by atoms with van der Waals surface area (Å²) in [7, 11) is 0. The molecule has 0 aliphatic carbocycles. The lowest BCUT2D eigenvalue weighted by Gasteiger charge is -2.27. The molecule has 10 rings (SSSR count). The number of hydrogen-bond acceptors (Lipinski definition) is 2. The Kier molecular flexibility index (Phi) is 5.54. The maximum absolute atomic E-state index is 5.08. The predicted molar refractivity (Wildman–Crippen MR) is 195 cm³/mol. The van der Waals surface area contributed by atoms with Gasteiger partial charge in [-0.15, -0.1) is 0 Å². The summed E-state index contributed by atoms with van der Waals surface area (Å²) in [5, 5.41) is 3.69. The molecule has 0 unspecified atom stereocenters. The first-order valence-corrected chi connectivity index (χ1v) is 16.0. The Labute approximate surface area is 272 Å². The molecule has 0 radical (unpaired) electrons. The zero-order valence-electron chi connectivity index (χ0n) is 25.5. The molecule has 220 valence electrons. The number of rotatable bonds is 3. The van der Waals surface area contributed by atoms with Crippen molar-refractivity contribution in [1.29, 1.82) is 0 Å². The van der Waals surface area contributed by atoms with Crippen molar-refractivity contribution in [2.24, 2.45) is 0 Å². The van der Waals surface area contributed by atoms with Gasteiger partial charge in [0.15, 0.2) is 0 Å². The van der Waals surface area contributed by atoms with E-state index >= 15 is 0 Å². The minimum Gasteiger partial charge on any atom is -0.309 e. The Morgan fingerprint density at radius 1 is 0.404 bits per heavy atom. The molecule has 47 heavy (non-hydrogen) atoms. The van der Waals surface area contributed by atoms with Gasteiger partial charge < -0.3 is 9.47 Å². The van der Waals surface area contributed by atoms with Crippen molar-refractivity contribution in [3.05, 3.63) is 170 Å². The summed E-state index contributed by atoms with van der Waals surface area (Å²) in [5.74, 6) is 0.877. The van der Waals surface area contributed by atoms with Gasteiger partial charge in [-0.25, -0.2) is 4.98 Å². The Morgan fingerprint density at radius 3 is 1.64 bits per heavy atom. The van der Waals surface area contributed by atoms with E-state index in [1.54, 1.807) is 0 Å². The van der Waals surface area contributed by atoms with Gasteiger partial charge in [0.1, 0.15) is 5.82 Å². The normalized spacial score (nSPS) is 12.2. The van der Waals surface area contributed by atoms with Crippen LogP contribution in [0.15, 0.2) is 170 Å². The van der Waals surface area contributed by atoms with E-state index in [-0.39, 0.29) is 0 Å². The van der Waals surface area contributed by atoms with E-state index in [4.69, 9.17) is 4.98 Å². The molecule has 0 fully saturated rings. The first-order chi connectivity index (χ1) is 23.4. The fourth-order valence-electron chi connectivity index (χ4n) is 7.61. The summed E-state index contributed by atoms with van der Waals surface area (Å²) in [5.41, 5.74) is 12.7. The lowest BCUT2D eigenvalue weighted by Crippen LogP contribution is -2.11. The quantitative estimate of drug-likeness (QED) is 0.202. The van der Waals surface area contributed by atoms with E-state index in [2.05, 4.69) is 178 Å². The Bertz CT molecular complexity index is 2590. The van der Waals surface area contributed by atoms with E-state index in [0.29, 0.717) is 0 Å². The molecule has 6 aromatic carbocycles. The van der Waals surface area contributed by atoms with Crippen LogP contribution >= 0.6 is 0 Å². The SMILES string of the molecule is c1ccc(N2c3ccccc3-c3c(n(-c4cc(-n5c6ccccc6c6ccccc65)ccn4)c4ccccc34)-c3ccccc32)cc1. The van der Waals surface area contributed by atoms with Gasteiger partial charge in [-0.1, -0.05) is 109 Å². The lowest BCUT2D eigenvalue weighted by molar-refractivity contribution is 1.03. The number of benzene rings is 6. The summed E-state index contributed by atoms with van der Waals surface area (Å²) in [6.07, 6.45) is 1.95. The van der Waals surface area contributed by atoms with Gasteiger partial charge in [0.25, 0.3) is 0 Å². The molecular weight excluding hydrogens is 573 g/mol. The van der Waals surface area contributed by atoms with Crippen LogP contribution < -0.4 is 4.90 Å². The monoisotopic (exact) mass is 600 g/mol. The van der Waals surface area contributed by atoms with Crippen LogP contribution in [0.4, 0.5) is 17.1 Å². The van der Waals surface area contributed by atoms with Gasteiger partial charge in [-0.2, -0.15) is 0 Å². The van der Waals surface area contributed by atoms with Crippen molar-refractivity contribution >= 4 is 49.8 Å². The predicted octanol–water partition coefficient (Wildman–Crippen LogP) is 11.2. The largest absolute Gasteiger partial charge is 0.309 e. The van der Waals surface area contributed by atoms with Crippen molar-refractivity contribution in [1.82, 2.24) is 14.1 Å². The fraction of sp³-hybridized carbons (Fsp3) is 0. The second-order valence-corrected chi connectivity index (χ2v) is 12.0. The third-order valence-corrected chi connectivity index (χ3v) is 9.50. The second-order valence-electron chi connectivity index (χ2n) is 12.0. The number of pyridine rings is 1. The smallest absolute Gasteiger partial charge is 0.139 e. The Hall–Kier alpha value is -6.39. The topological polar surface area (TPSA) is 26.0 Å². The second kappa shape index (κ2) is 10.1. The number of para-hydroxylation sites is 6. The van der Waals surface area contributed by atoms with Gasteiger partial charge >= 0.3 is 0 Å². The van der Waals surface area contributed by atoms with Crippen LogP contribution in [0.2, 0.25) is 0 Å². The van der Waals surface area contributed by atoms with Crippen LogP contribution in [0, 0.1) is 0 Å². The molecule has 1 aliphatic rings. The highest BCUT2D eigenvalue weighted by Crippen LogP contribution is 2.54. The number of anilines is 3. The van der Waals surface area contributed by atoms with Crippen molar-refractivity contribution < 1.29 is 0 Å². The van der Waals surface area contributed by atoms with Crippen molar-refractivity contribution in [3.63, 3.8) is 0 Å². The fourth-order valence-corrected chi connectivity index (χ4v) is 7.61. The molecule has 4 nitrogen and oxygen atoms in total. The molecule has 0 saturated heterocycles. The van der Waals surface area contributed by atoms with Gasteiger partial charge in [-0.05, 0) is 48.5 Å². The maximum Gasteiger partial charge on any atom is 0.139 e. The van der Waals surface area contributed by atoms with E-state index in [0.717, 1.165) is 45.3 Å². The molecule has 0 bridgehead atoms. The Morgan fingerprint density at radius 2 is 0.936 bits per heavy atom. The van der Waals surface area contributed by atoms with Crippen LogP contribution in [0.5, 0.6) is 0 Å². The number of nitrogens with zero attached hydrogens (tertiary/aromatic N) is 4. The van der Waals surface area contributed by atoms with Crippen LogP contribution in [-0.4, -0.2) is 14.1 Å². The molecule has 3 aromatic heterocycles. The van der Waals surface area contributed by atoms with E-state index in [1.165, 1.54) is 38.3 Å². The summed E-state index contributed by atoms with van der Waals surface area (Å²) in [4.78, 5) is 7.48. The molecular formula is C43H28N4. The van der Waals surface area contributed by atoms with Gasteiger partial charge in [0, 0.05) is 50.8 Å². The van der Waals surface area contributed by atoms with Gasteiger partial charge in [0.2, 0.25) is 0 Å². The third-order valence-electron chi connectivity index (χ3n) is 9.50. The molecule has 0 atom stereocenters. The summed E-state index contributed by atoms with van der Waals surface area (Å²) < 4.78 is 4.73. The molecule has 4 heteroatoms. The minimum absolute atomic E-state index is 0.877. The number of fused-ring (bicyclic) bond motifs is 10. The maximum atomic E-state index is 5.08. The summed E-state index contributed by atoms with van der Waals surface area (Å²) >= 11 is 0.